The molecule has 2 aromatic carbocycles. The van der Waals surface area contributed by atoms with E-state index in [1.165, 1.54) is 35.0 Å². The summed E-state index contributed by atoms with van der Waals surface area (Å²) in [7, 11) is 1.21. The van der Waals surface area contributed by atoms with Gasteiger partial charge >= 0.3 is 5.97 Å². The lowest BCUT2D eigenvalue weighted by Gasteiger charge is -2.43. The highest BCUT2D eigenvalue weighted by molar-refractivity contribution is 6.06. The molecule has 1 unspecified atom stereocenters. The average molecular weight is 464 g/mol. The number of nitrogens with one attached hydrogen (secondary N) is 1. The Morgan fingerprint density at radius 2 is 1.76 bits per heavy atom. The van der Waals surface area contributed by atoms with Crippen molar-refractivity contribution in [3.05, 3.63) is 88.8 Å². The van der Waals surface area contributed by atoms with Gasteiger partial charge in [-0.3, -0.25) is 9.59 Å². The van der Waals surface area contributed by atoms with Crippen LogP contribution in [-0.2, 0) is 29.2 Å². The van der Waals surface area contributed by atoms with Crippen LogP contribution in [0.4, 0.5) is 4.39 Å². The quantitative estimate of drug-likeness (QED) is 0.567. The molecule has 1 atom stereocenters. The number of aryl methyl sites for hydroxylation is 1. The molecule has 0 radical (unpaired) electrons. The second-order valence-electron chi connectivity index (χ2n) is 8.52. The Bertz CT molecular complexity index is 1240. The van der Waals surface area contributed by atoms with Crippen LogP contribution in [0.15, 0.2) is 54.9 Å². The van der Waals surface area contributed by atoms with E-state index in [0.29, 0.717) is 5.56 Å². The number of amides is 2. The van der Waals surface area contributed by atoms with Crippen LogP contribution in [0.3, 0.4) is 0 Å². The first-order chi connectivity index (χ1) is 16.2. The van der Waals surface area contributed by atoms with Crippen molar-refractivity contribution >= 4 is 17.8 Å². The smallest absolute Gasteiger partial charge is 0.359 e. The molecule has 34 heavy (non-hydrogen) atoms. The van der Waals surface area contributed by atoms with Crippen molar-refractivity contribution < 1.29 is 23.5 Å². The maximum atomic E-state index is 13.6. The molecular formula is C25H25FN4O4. The molecule has 0 fully saturated rings. The van der Waals surface area contributed by atoms with E-state index in [-0.39, 0.29) is 36.9 Å². The second kappa shape index (κ2) is 9.09. The summed E-state index contributed by atoms with van der Waals surface area (Å²) >= 11 is 0. The summed E-state index contributed by atoms with van der Waals surface area (Å²) in [5, 5.41) is 2.93. The highest BCUT2D eigenvalue weighted by Crippen LogP contribution is 2.31. The van der Waals surface area contributed by atoms with Crippen molar-refractivity contribution in [1.29, 1.82) is 0 Å². The number of halogens is 1. The molecule has 1 aromatic heterocycles. The van der Waals surface area contributed by atoms with E-state index in [9.17, 15) is 18.8 Å². The fourth-order valence-corrected chi connectivity index (χ4v) is 4.03. The number of hydrogen-bond donors (Lipinski definition) is 1. The number of esters is 1. The number of fused-ring (bicyclic) bond motifs is 1. The number of methoxy groups -OCH3 is 1. The third kappa shape index (κ3) is 4.28. The van der Waals surface area contributed by atoms with Gasteiger partial charge in [0.2, 0.25) is 5.91 Å². The summed E-state index contributed by atoms with van der Waals surface area (Å²) in [6.07, 6.45) is 1.36. The van der Waals surface area contributed by atoms with Crippen LogP contribution >= 0.6 is 0 Å². The summed E-state index contributed by atoms with van der Waals surface area (Å²) in [5.74, 6) is -2.04. The Kier molecular flexibility index (Phi) is 6.19. The highest BCUT2D eigenvalue weighted by atomic mass is 19.1. The van der Waals surface area contributed by atoms with Gasteiger partial charge in [0.1, 0.15) is 17.1 Å². The monoisotopic (exact) mass is 464 g/mol. The van der Waals surface area contributed by atoms with E-state index >= 15 is 0 Å². The van der Waals surface area contributed by atoms with E-state index in [0.717, 1.165) is 11.1 Å². The minimum atomic E-state index is -1.29. The first kappa shape index (κ1) is 23.2. The molecule has 8 nitrogen and oxygen atoms in total. The minimum Gasteiger partial charge on any atom is -0.464 e. The van der Waals surface area contributed by atoms with Crippen LogP contribution in [0.1, 0.15) is 44.6 Å². The van der Waals surface area contributed by atoms with Gasteiger partial charge in [0.25, 0.3) is 5.91 Å². The molecule has 1 aliphatic rings. The SMILES string of the molecule is COC(=O)c1ncn2c1C(=O)N(Cc1ccc(F)cc1)C(C)(C(=O)NCc1ccc(C)cc1)C2. The third-order valence-electron chi connectivity index (χ3n) is 6.05. The molecule has 9 heteroatoms. The van der Waals surface area contributed by atoms with Crippen LogP contribution in [0.25, 0.3) is 0 Å². The predicted octanol–water partition coefficient (Wildman–Crippen LogP) is 2.85. The van der Waals surface area contributed by atoms with Gasteiger partial charge in [-0.2, -0.15) is 0 Å². The minimum absolute atomic E-state index is 0.0410. The number of aromatic nitrogens is 2. The molecular weight excluding hydrogens is 439 g/mol. The maximum absolute atomic E-state index is 13.6. The molecule has 2 amide bonds. The summed E-state index contributed by atoms with van der Waals surface area (Å²) in [6, 6.07) is 13.5. The van der Waals surface area contributed by atoms with Gasteiger partial charge in [0.05, 0.1) is 20.0 Å². The molecule has 3 aromatic rings. The summed E-state index contributed by atoms with van der Waals surface area (Å²) in [4.78, 5) is 44.7. The molecule has 4 rings (SSSR count). The zero-order chi connectivity index (χ0) is 24.5. The zero-order valence-corrected chi connectivity index (χ0v) is 19.2. The Morgan fingerprint density at radius 1 is 1.12 bits per heavy atom. The van der Waals surface area contributed by atoms with E-state index in [1.807, 2.05) is 31.2 Å². The van der Waals surface area contributed by atoms with Crippen molar-refractivity contribution in [3.63, 3.8) is 0 Å². The number of carbonyl (C=O) groups excluding carboxylic acids is 3. The Balaban J connectivity index is 1.68. The number of hydrogen-bond acceptors (Lipinski definition) is 5. The third-order valence-corrected chi connectivity index (χ3v) is 6.05. The van der Waals surface area contributed by atoms with Crippen LogP contribution in [-0.4, -0.2) is 44.9 Å². The molecule has 0 saturated carbocycles. The predicted molar refractivity (Wildman–Crippen MR) is 121 cm³/mol. The first-order valence-corrected chi connectivity index (χ1v) is 10.8. The lowest BCUT2D eigenvalue weighted by atomic mass is 9.93. The normalized spacial score (nSPS) is 17.3. The van der Waals surface area contributed by atoms with E-state index < -0.39 is 23.2 Å². The highest BCUT2D eigenvalue weighted by Gasteiger charge is 2.48. The number of imidazole rings is 1. The van der Waals surface area contributed by atoms with Gasteiger partial charge in [-0.1, -0.05) is 42.0 Å². The fraction of sp³-hybridized carbons (Fsp3) is 0.280. The number of ether oxygens (including phenoxy) is 1. The van der Waals surface area contributed by atoms with Crippen LogP contribution in [0.2, 0.25) is 0 Å². The molecule has 176 valence electrons. The lowest BCUT2D eigenvalue weighted by Crippen LogP contribution is -2.63. The van der Waals surface area contributed by atoms with Crippen LogP contribution in [0.5, 0.6) is 0 Å². The summed E-state index contributed by atoms with van der Waals surface area (Å²) < 4.78 is 19.7. The Morgan fingerprint density at radius 3 is 2.41 bits per heavy atom. The largest absolute Gasteiger partial charge is 0.464 e. The Hall–Kier alpha value is -4.01. The summed E-state index contributed by atoms with van der Waals surface area (Å²) in [5.41, 5.74) is 1.32. The topological polar surface area (TPSA) is 93.5 Å². The van der Waals surface area contributed by atoms with E-state index in [4.69, 9.17) is 4.74 Å². The Labute approximate surface area is 196 Å². The van der Waals surface area contributed by atoms with Gasteiger partial charge in [-0.25, -0.2) is 14.2 Å². The zero-order valence-electron chi connectivity index (χ0n) is 19.2. The van der Waals surface area contributed by atoms with Crippen molar-refractivity contribution in [2.24, 2.45) is 0 Å². The molecule has 1 aliphatic heterocycles. The molecule has 0 aliphatic carbocycles. The summed E-state index contributed by atoms with van der Waals surface area (Å²) in [6.45, 7) is 4.06. The van der Waals surface area contributed by atoms with Gasteiger partial charge < -0.3 is 19.5 Å². The van der Waals surface area contributed by atoms with Gasteiger partial charge in [-0.15, -0.1) is 0 Å². The van der Waals surface area contributed by atoms with Crippen molar-refractivity contribution in [3.8, 4) is 0 Å². The lowest BCUT2D eigenvalue weighted by molar-refractivity contribution is -0.133. The first-order valence-electron chi connectivity index (χ1n) is 10.8. The number of nitrogens with zero attached hydrogens (tertiary/aromatic N) is 3. The molecule has 2 heterocycles. The second-order valence-corrected chi connectivity index (χ2v) is 8.52. The van der Waals surface area contributed by atoms with Gasteiger partial charge in [0, 0.05) is 13.1 Å². The number of carbonyl (C=O) groups is 3. The molecule has 0 spiro atoms. The van der Waals surface area contributed by atoms with Crippen molar-refractivity contribution in [2.45, 2.75) is 39.0 Å². The molecule has 1 N–H and O–H groups in total. The van der Waals surface area contributed by atoms with E-state index in [2.05, 4.69) is 10.3 Å². The van der Waals surface area contributed by atoms with E-state index in [1.54, 1.807) is 19.1 Å². The van der Waals surface area contributed by atoms with Crippen LogP contribution < -0.4 is 5.32 Å². The van der Waals surface area contributed by atoms with Gasteiger partial charge in [0.15, 0.2) is 5.69 Å². The van der Waals surface area contributed by atoms with Crippen molar-refractivity contribution in [1.82, 2.24) is 19.8 Å². The number of benzene rings is 2. The fourth-order valence-electron chi connectivity index (χ4n) is 4.03. The molecule has 0 bridgehead atoms. The van der Waals surface area contributed by atoms with Crippen LogP contribution in [0, 0.1) is 12.7 Å². The standard InChI is InChI=1S/C25H25FN4O4/c1-16-4-6-17(7-5-16)12-27-24(33)25(2)14-29-15-28-20(23(32)34-3)21(29)22(31)30(25)13-18-8-10-19(26)11-9-18/h4-11,15H,12-14H2,1-3H3,(H,27,33). The van der Waals surface area contributed by atoms with Crippen molar-refractivity contribution in [2.75, 3.05) is 7.11 Å². The molecule has 0 saturated heterocycles. The number of rotatable bonds is 6. The van der Waals surface area contributed by atoms with Gasteiger partial charge in [-0.05, 0) is 37.1 Å². The average Bonchev–Trinajstić information content (AvgIpc) is 3.25. The maximum Gasteiger partial charge on any atom is 0.359 e.